The van der Waals surface area contributed by atoms with E-state index in [2.05, 4.69) is 18.9 Å². The predicted octanol–water partition coefficient (Wildman–Crippen LogP) is 2.23. The van der Waals surface area contributed by atoms with Gasteiger partial charge in [0.25, 0.3) is 5.91 Å². The number of likely N-dealkylation sites (tertiary alicyclic amines) is 1. The largest absolute Gasteiger partial charge is 0.369 e. The van der Waals surface area contributed by atoms with Gasteiger partial charge in [-0.05, 0) is 45.6 Å². The van der Waals surface area contributed by atoms with Crippen molar-refractivity contribution in [1.82, 2.24) is 19.7 Å². The molecule has 7 heteroatoms. The molecule has 4 rings (SSSR count). The lowest BCUT2D eigenvalue weighted by molar-refractivity contribution is -0.123. The Hall–Kier alpha value is -2.44. The predicted molar refractivity (Wildman–Crippen MR) is 97.7 cm³/mol. The monoisotopic (exact) mass is 355 g/mol. The summed E-state index contributed by atoms with van der Waals surface area (Å²) in [6.45, 7) is 5.17. The summed E-state index contributed by atoms with van der Waals surface area (Å²) in [5, 5.41) is 5.24. The first-order valence-corrected chi connectivity index (χ1v) is 9.42. The van der Waals surface area contributed by atoms with Gasteiger partial charge in [0.1, 0.15) is 0 Å². The third-order valence-electron chi connectivity index (χ3n) is 5.41. The number of rotatable bonds is 4. The SMILES string of the molecule is CC(C)n1ncc2c(C(=O)N3CCCC(C(N)=O)C3)cc(C3CC3)nc21. The minimum absolute atomic E-state index is 0.0476. The van der Waals surface area contributed by atoms with Crippen molar-refractivity contribution in [2.24, 2.45) is 11.7 Å². The average molecular weight is 355 g/mol. The molecule has 3 heterocycles. The van der Waals surface area contributed by atoms with E-state index in [9.17, 15) is 9.59 Å². The summed E-state index contributed by atoms with van der Waals surface area (Å²) in [6.07, 6.45) is 5.53. The molecule has 1 unspecified atom stereocenters. The standard InChI is InChI=1S/C19H25N5O2/c1-11(2)24-18-15(9-21-24)14(8-16(22-18)12-5-6-12)19(26)23-7-3-4-13(10-23)17(20)25/h8-9,11-13H,3-7,10H2,1-2H3,(H2,20,25). The first-order valence-electron chi connectivity index (χ1n) is 9.42. The molecular weight excluding hydrogens is 330 g/mol. The normalized spacial score (nSPS) is 20.7. The van der Waals surface area contributed by atoms with E-state index in [1.165, 1.54) is 0 Å². The molecule has 2 aromatic heterocycles. The number of aromatic nitrogens is 3. The number of hydrogen-bond acceptors (Lipinski definition) is 4. The number of nitrogens with zero attached hydrogens (tertiary/aromatic N) is 4. The molecule has 2 fully saturated rings. The first kappa shape index (κ1) is 17.0. The van der Waals surface area contributed by atoms with Gasteiger partial charge in [-0.3, -0.25) is 9.59 Å². The summed E-state index contributed by atoms with van der Waals surface area (Å²) >= 11 is 0. The minimum Gasteiger partial charge on any atom is -0.369 e. The number of nitrogens with two attached hydrogens (primary N) is 1. The molecule has 1 aliphatic carbocycles. The number of fused-ring (bicyclic) bond motifs is 1. The molecule has 138 valence electrons. The third kappa shape index (κ3) is 2.95. The number of amides is 2. The van der Waals surface area contributed by atoms with Crippen molar-refractivity contribution in [2.45, 2.75) is 51.5 Å². The fraction of sp³-hybridized carbons (Fsp3) is 0.579. The number of carbonyl (C=O) groups excluding carboxylic acids is 2. The van der Waals surface area contributed by atoms with Crippen LogP contribution in [0.1, 0.15) is 67.5 Å². The Balaban J connectivity index is 1.75. The molecule has 2 amide bonds. The second kappa shape index (κ2) is 6.37. The highest BCUT2D eigenvalue weighted by Crippen LogP contribution is 2.40. The van der Waals surface area contributed by atoms with Gasteiger partial charge in [0, 0.05) is 30.7 Å². The molecule has 2 aromatic rings. The topological polar surface area (TPSA) is 94.1 Å². The minimum atomic E-state index is -0.325. The average Bonchev–Trinajstić information content (AvgIpc) is 3.39. The van der Waals surface area contributed by atoms with Gasteiger partial charge in [-0.15, -0.1) is 0 Å². The number of primary amides is 1. The van der Waals surface area contributed by atoms with Gasteiger partial charge in [0.15, 0.2) is 5.65 Å². The van der Waals surface area contributed by atoms with Crippen molar-refractivity contribution in [3.63, 3.8) is 0 Å². The Labute approximate surface area is 152 Å². The Kier molecular flexibility index (Phi) is 4.17. The maximum atomic E-state index is 13.3. The number of hydrogen-bond donors (Lipinski definition) is 1. The first-order chi connectivity index (χ1) is 12.5. The van der Waals surface area contributed by atoms with Crippen LogP contribution in [0.3, 0.4) is 0 Å². The highest BCUT2D eigenvalue weighted by atomic mass is 16.2. The van der Waals surface area contributed by atoms with E-state index in [0.717, 1.165) is 42.4 Å². The summed E-state index contributed by atoms with van der Waals surface area (Å²) < 4.78 is 1.88. The molecule has 0 radical (unpaired) electrons. The molecule has 2 N–H and O–H groups in total. The molecule has 0 aromatic carbocycles. The lowest BCUT2D eigenvalue weighted by atomic mass is 9.96. The van der Waals surface area contributed by atoms with E-state index >= 15 is 0 Å². The van der Waals surface area contributed by atoms with Crippen molar-refractivity contribution in [2.75, 3.05) is 13.1 Å². The summed E-state index contributed by atoms with van der Waals surface area (Å²) in [6, 6.07) is 2.11. The van der Waals surface area contributed by atoms with Gasteiger partial charge in [0.2, 0.25) is 5.91 Å². The smallest absolute Gasteiger partial charge is 0.254 e. The van der Waals surface area contributed by atoms with Crippen molar-refractivity contribution < 1.29 is 9.59 Å². The molecule has 7 nitrogen and oxygen atoms in total. The van der Waals surface area contributed by atoms with Crippen LogP contribution in [0.4, 0.5) is 0 Å². The van der Waals surface area contributed by atoms with Crippen molar-refractivity contribution in [3.05, 3.63) is 23.5 Å². The van der Waals surface area contributed by atoms with E-state index in [0.29, 0.717) is 24.6 Å². The Morgan fingerprint density at radius 2 is 2.04 bits per heavy atom. The Morgan fingerprint density at radius 3 is 2.69 bits per heavy atom. The lowest BCUT2D eigenvalue weighted by Crippen LogP contribution is -2.44. The molecule has 1 saturated heterocycles. The van der Waals surface area contributed by atoms with Crippen LogP contribution < -0.4 is 5.73 Å². The van der Waals surface area contributed by atoms with Gasteiger partial charge >= 0.3 is 0 Å². The van der Waals surface area contributed by atoms with Gasteiger partial charge in [-0.1, -0.05) is 0 Å². The van der Waals surface area contributed by atoms with Crippen molar-refractivity contribution in [3.8, 4) is 0 Å². The summed E-state index contributed by atoms with van der Waals surface area (Å²) in [5.74, 6) is -0.185. The molecule has 1 atom stereocenters. The molecule has 0 bridgehead atoms. The molecule has 26 heavy (non-hydrogen) atoms. The maximum Gasteiger partial charge on any atom is 0.254 e. The fourth-order valence-electron chi connectivity index (χ4n) is 3.74. The second-order valence-electron chi connectivity index (χ2n) is 7.78. The van der Waals surface area contributed by atoms with Crippen LogP contribution in [-0.4, -0.2) is 44.6 Å². The van der Waals surface area contributed by atoms with Crippen LogP contribution in [0.2, 0.25) is 0 Å². The van der Waals surface area contributed by atoms with Gasteiger partial charge in [-0.2, -0.15) is 5.10 Å². The summed E-state index contributed by atoms with van der Waals surface area (Å²) in [4.78, 5) is 31.4. The molecule has 1 aliphatic heterocycles. The van der Waals surface area contributed by atoms with Crippen LogP contribution in [0, 0.1) is 5.92 Å². The van der Waals surface area contributed by atoms with E-state index < -0.39 is 0 Å². The molecule has 0 spiro atoms. The van der Waals surface area contributed by atoms with Crippen molar-refractivity contribution >= 4 is 22.8 Å². The van der Waals surface area contributed by atoms with E-state index in [1.54, 1.807) is 11.1 Å². The second-order valence-corrected chi connectivity index (χ2v) is 7.78. The Morgan fingerprint density at radius 1 is 1.27 bits per heavy atom. The zero-order valence-corrected chi connectivity index (χ0v) is 15.3. The van der Waals surface area contributed by atoms with E-state index in [4.69, 9.17) is 10.7 Å². The molecule has 1 saturated carbocycles. The number of carbonyl (C=O) groups is 2. The molecule has 2 aliphatic rings. The summed E-state index contributed by atoms with van der Waals surface area (Å²) in [7, 11) is 0. The number of pyridine rings is 1. The van der Waals surface area contributed by atoms with Crippen molar-refractivity contribution in [1.29, 1.82) is 0 Å². The van der Waals surface area contributed by atoms with E-state index in [1.807, 2.05) is 10.7 Å². The highest BCUT2D eigenvalue weighted by Gasteiger charge is 2.32. The Bertz CT molecular complexity index is 868. The van der Waals surface area contributed by atoms with Gasteiger partial charge in [-0.25, -0.2) is 9.67 Å². The van der Waals surface area contributed by atoms with Gasteiger partial charge in [0.05, 0.1) is 23.1 Å². The highest BCUT2D eigenvalue weighted by molar-refractivity contribution is 6.05. The summed E-state index contributed by atoms with van der Waals surface area (Å²) in [5.41, 5.74) is 7.87. The zero-order chi connectivity index (χ0) is 18.4. The number of piperidine rings is 1. The van der Waals surface area contributed by atoms with Crippen LogP contribution in [0.5, 0.6) is 0 Å². The molecular formula is C19H25N5O2. The fourth-order valence-corrected chi connectivity index (χ4v) is 3.74. The van der Waals surface area contributed by atoms with E-state index in [-0.39, 0.29) is 23.8 Å². The van der Waals surface area contributed by atoms with Crippen LogP contribution >= 0.6 is 0 Å². The van der Waals surface area contributed by atoms with Crippen LogP contribution in [-0.2, 0) is 4.79 Å². The van der Waals surface area contributed by atoms with Crippen LogP contribution in [0.25, 0.3) is 11.0 Å². The third-order valence-corrected chi connectivity index (χ3v) is 5.41. The van der Waals surface area contributed by atoms with Gasteiger partial charge < -0.3 is 10.6 Å². The zero-order valence-electron chi connectivity index (χ0n) is 15.3. The quantitative estimate of drug-likeness (QED) is 0.910. The van der Waals surface area contributed by atoms with Crippen LogP contribution in [0.15, 0.2) is 12.3 Å². The maximum absolute atomic E-state index is 13.3. The lowest BCUT2D eigenvalue weighted by Gasteiger charge is -2.31.